The molecule has 0 saturated heterocycles. The van der Waals surface area contributed by atoms with E-state index in [0.29, 0.717) is 5.76 Å². The van der Waals surface area contributed by atoms with Gasteiger partial charge in [0.1, 0.15) is 5.76 Å². The van der Waals surface area contributed by atoms with Crippen LogP contribution < -0.4 is 5.32 Å². The van der Waals surface area contributed by atoms with Crippen LogP contribution in [-0.2, 0) is 10.2 Å². The number of rotatable bonds is 3. The summed E-state index contributed by atoms with van der Waals surface area (Å²) in [6.45, 7) is 5.94. The molecule has 1 aromatic rings. The summed E-state index contributed by atoms with van der Waals surface area (Å²) in [5.41, 5.74) is -0.186. The number of furan rings is 1. The molecule has 0 aliphatic heterocycles. The SMILES string of the molecule is COC(NC(=O)c1ccc(C(C)(C)C)o1)C(Cl)(Cl)Cl. The molecule has 0 radical (unpaired) electrons. The Kier molecular flexibility index (Phi) is 5.18. The first-order chi connectivity index (χ1) is 8.55. The summed E-state index contributed by atoms with van der Waals surface area (Å²) in [5, 5.41) is 2.44. The van der Waals surface area contributed by atoms with Gasteiger partial charge in [-0.05, 0) is 12.1 Å². The second kappa shape index (κ2) is 5.92. The number of carbonyl (C=O) groups is 1. The maximum atomic E-state index is 11.9. The summed E-state index contributed by atoms with van der Waals surface area (Å²) in [4.78, 5) is 11.9. The minimum Gasteiger partial charge on any atom is -0.455 e. The average Bonchev–Trinajstić information content (AvgIpc) is 2.72. The van der Waals surface area contributed by atoms with Gasteiger partial charge in [-0.1, -0.05) is 55.6 Å². The Morgan fingerprint density at radius 3 is 2.26 bits per heavy atom. The fourth-order valence-electron chi connectivity index (χ4n) is 1.33. The maximum Gasteiger partial charge on any atom is 0.289 e. The van der Waals surface area contributed by atoms with Crippen molar-refractivity contribution in [2.45, 2.75) is 36.2 Å². The summed E-state index contributed by atoms with van der Waals surface area (Å²) in [6.07, 6.45) is -1.06. The van der Waals surface area contributed by atoms with Crippen LogP contribution in [0, 0.1) is 0 Å². The Balaban J connectivity index is 2.82. The van der Waals surface area contributed by atoms with Gasteiger partial charge >= 0.3 is 0 Å². The van der Waals surface area contributed by atoms with E-state index in [4.69, 9.17) is 44.0 Å². The van der Waals surface area contributed by atoms with Crippen LogP contribution in [0.1, 0.15) is 37.1 Å². The molecule has 1 N–H and O–H groups in total. The number of hydrogen-bond acceptors (Lipinski definition) is 3. The number of halogens is 3. The molecule has 1 amide bonds. The number of carbonyl (C=O) groups excluding carboxylic acids is 1. The summed E-state index contributed by atoms with van der Waals surface area (Å²) >= 11 is 17.0. The standard InChI is InChI=1S/C12H16Cl3NO3/c1-11(2,3)8-6-5-7(19-8)9(17)16-10(18-4)12(13,14)15/h5-6,10H,1-4H3,(H,16,17). The number of nitrogens with one attached hydrogen (secondary N) is 1. The van der Waals surface area contributed by atoms with Crippen LogP contribution in [0.25, 0.3) is 0 Å². The van der Waals surface area contributed by atoms with Crippen LogP contribution in [0.2, 0.25) is 0 Å². The monoisotopic (exact) mass is 327 g/mol. The summed E-state index contributed by atoms with van der Waals surface area (Å²) in [6, 6.07) is 3.31. The molecule has 1 rings (SSSR count). The second-order valence-corrected chi connectivity index (χ2v) is 7.41. The number of methoxy groups -OCH3 is 1. The first-order valence-corrected chi connectivity index (χ1v) is 6.70. The number of alkyl halides is 3. The van der Waals surface area contributed by atoms with E-state index < -0.39 is 15.9 Å². The number of amides is 1. The third-order valence-corrected chi connectivity index (χ3v) is 2.96. The van der Waals surface area contributed by atoms with Gasteiger partial charge in [-0.2, -0.15) is 0 Å². The van der Waals surface area contributed by atoms with Crippen molar-refractivity contribution in [1.29, 1.82) is 0 Å². The highest BCUT2D eigenvalue weighted by Crippen LogP contribution is 2.31. The van der Waals surface area contributed by atoms with Crippen LogP contribution in [0.3, 0.4) is 0 Å². The Bertz CT molecular complexity index is 446. The van der Waals surface area contributed by atoms with Crippen molar-refractivity contribution in [3.05, 3.63) is 23.7 Å². The van der Waals surface area contributed by atoms with Crippen molar-refractivity contribution >= 4 is 40.7 Å². The van der Waals surface area contributed by atoms with Gasteiger partial charge in [-0.25, -0.2) is 0 Å². The zero-order valence-corrected chi connectivity index (χ0v) is 13.4. The Hall–Kier alpha value is -0.420. The minimum atomic E-state index is -1.76. The first-order valence-electron chi connectivity index (χ1n) is 5.56. The van der Waals surface area contributed by atoms with Crippen molar-refractivity contribution in [3.63, 3.8) is 0 Å². The van der Waals surface area contributed by atoms with Crippen LogP contribution >= 0.6 is 34.8 Å². The van der Waals surface area contributed by atoms with Crippen molar-refractivity contribution in [2.24, 2.45) is 0 Å². The first kappa shape index (κ1) is 16.6. The molecule has 0 aliphatic rings. The molecule has 1 heterocycles. The molecule has 1 unspecified atom stereocenters. The Morgan fingerprint density at radius 2 is 1.89 bits per heavy atom. The third-order valence-electron chi connectivity index (χ3n) is 2.36. The highest BCUT2D eigenvalue weighted by molar-refractivity contribution is 6.68. The number of ether oxygens (including phenoxy) is 1. The van der Waals surface area contributed by atoms with Crippen molar-refractivity contribution in [3.8, 4) is 0 Å². The lowest BCUT2D eigenvalue weighted by Crippen LogP contribution is -2.44. The lowest BCUT2D eigenvalue weighted by molar-refractivity contribution is 0.0575. The molecule has 1 aromatic heterocycles. The second-order valence-electron chi connectivity index (χ2n) is 5.04. The molecule has 4 nitrogen and oxygen atoms in total. The van der Waals surface area contributed by atoms with Crippen LogP contribution in [0.4, 0.5) is 0 Å². The normalized spacial score (nSPS) is 14.3. The maximum absolute atomic E-state index is 11.9. The Labute approximate surface area is 127 Å². The molecule has 0 aliphatic carbocycles. The molecule has 0 spiro atoms. The lowest BCUT2D eigenvalue weighted by atomic mass is 9.94. The summed E-state index contributed by atoms with van der Waals surface area (Å²) < 4.78 is 8.62. The fourth-order valence-corrected chi connectivity index (χ4v) is 1.76. The van der Waals surface area contributed by atoms with Gasteiger partial charge in [0.2, 0.25) is 3.79 Å². The third kappa shape index (κ3) is 4.56. The molecule has 0 saturated carbocycles. The van der Waals surface area contributed by atoms with E-state index in [1.54, 1.807) is 12.1 Å². The van der Waals surface area contributed by atoms with Gasteiger partial charge in [0.15, 0.2) is 12.0 Å². The van der Waals surface area contributed by atoms with Gasteiger partial charge < -0.3 is 14.5 Å². The van der Waals surface area contributed by atoms with Gasteiger partial charge in [0.25, 0.3) is 5.91 Å². The van der Waals surface area contributed by atoms with Gasteiger partial charge in [0.05, 0.1) is 0 Å². The molecule has 19 heavy (non-hydrogen) atoms. The van der Waals surface area contributed by atoms with Crippen molar-refractivity contribution in [1.82, 2.24) is 5.32 Å². The predicted molar refractivity (Wildman–Crippen MR) is 76.0 cm³/mol. The molecule has 108 valence electrons. The average molecular weight is 329 g/mol. The van der Waals surface area contributed by atoms with E-state index >= 15 is 0 Å². The molecular weight excluding hydrogens is 312 g/mol. The van der Waals surface area contributed by atoms with Crippen LogP contribution in [0.5, 0.6) is 0 Å². The Morgan fingerprint density at radius 1 is 1.32 bits per heavy atom. The van der Waals surface area contributed by atoms with E-state index in [1.807, 2.05) is 20.8 Å². The van der Waals surface area contributed by atoms with Gasteiger partial charge in [-0.15, -0.1) is 0 Å². The molecule has 0 aromatic carbocycles. The fraction of sp³-hybridized carbons (Fsp3) is 0.583. The number of hydrogen-bond donors (Lipinski definition) is 1. The van der Waals surface area contributed by atoms with E-state index in [2.05, 4.69) is 5.32 Å². The summed E-state index contributed by atoms with van der Waals surface area (Å²) in [7, 11) is 1.33. The zero-order valence-electron chi connectivity index (χ0n) is 11.1. The van der Waals surface area contributed by atoms with E-state index in [9.17, 15) is 4.79 Å². The zero-order chi connectivity index (χ0) is 14.8. The van der Waals surface area contributed by atoms with Gasteiger partial charge in [-0.3, -0.25) is 4.79 Å². The topological polar surface area (TPSA) is 51.5 Å². The quantitative estimate of drug-likeness (QED) is 0.680. The molecule has 0 fully saturated rings. The van der Waals surface area contributed by atoms with Crippen molar-refractivity contribution in [2.75, 3.05) is 7.11 Å². The smallest absolute Gasteiger partial charge is 0.289 e. The lowest BCUT2D eigenvalue weighted by Gasteiger charge is -2.23. The highest BCUT2D eigenvalue weighted by Gasteiger charge is 2.35. The highest BCUT2D eigenvalue weighted by atomic mass is 35.6. The predicted octanol–water partition coefficient (Wildman–Crippen LogP) is 3.65. The van der Waals surface area contributed by atoms with E-state index in [1.165, 1.54) is 7.11 Å². The summed E-state index contributed by atoms with van der Waals surface area (Å²) in [5.74, 6) is 0.329. The largest absolute Gasteiger partial charge is 0.455 e. The van der Waals surface area contributed by atoms with Crippen molar-refractivity contribution < 1.29 is 13.9 Å². The van der Waals surface area contributed by atoms with Crippen LogP contribution in [-0.4, -0.2) is 23.0 Å². The molecular formula is C12H16Cl3NO3. The molecule has 0 bridgehead atoms. The molecule has 7 heteroatoms. The van der Waals surface area contributed by atoms with E-state index in [-0.39, 0.29) is 11.2 Å². The van der Waals surface area contributed by atoms with Crippen LogP contribution in [0.15, 0.2) is 16.5 Å². The van der Waals surface area contributed by atoms with E-state index in [0.717, 1.165) is 0 Å². The molecule has 1 atom stereocenters. The minimum absolute atomic E-state index is 0.140. The van der Waals surface area contributed by atoms with Gasteiger partial charge in [0, 0.05) is 12.5 Å².